The van der Waals surface area contributed by atoms with E-state index in [2.05, 4.69) is 0 Å². The fraction of sp³-hybridized carbons (Fsp3) is 0.462. The van der Waals surface area contributed by atoms with Crippen molar-refractivity contribution in [3.8, 4) is 0 Å². The minimum atomic E-state index is -2.62. The van der Waals surface area contributed by atoms with Crippen molar-refractivity contribution in [2.75, 3.05) is 25.4 Å². The van der Waals surface area contributed by atoms with Crippen LogP contribution in [-0.2, 0) is 4.79 Å². The predicted molar refractivity (Wildman–Crippen MR) is 68.9 cm³/mol. The SMILES string of the molecule is CC(C(=O)N(CCO)CC(F)F)c1cccc(N)c1. The fourth-order valence-electron chi connectivity index (χ4n) is 1.82. The Kier molecular flexibility index (Phi) is 5.69. The van der Waals surface area contributed by atoms with Crippen molar-refractivity contribution < 1.29 is 18.7 Å². The zero-order chi connectivity index (χ0) is 14.4. The van der Waals surface area contributed by atoms with Gasteiger partial charge in [-0.05, 0) is 24.6 Å². The van der Waals surface area contributed by atoms with Crippen molar-refractivity contribution >= 4 is 11.6 Å². The van der Waals surface area contributed by atoms with E-state index >= 15 is 0 Å². The molecular formula is C13H18F2N2O2. The fourth-order valence-corrected chi connectivity index (χ4v) is 1.82. The maximum Gasteiger partial charge on any atom is 0.255 e. The molecule has 0 fully saturated rings. The Morgan fingerprint density at radius 2 is 2.16 bits per heavy atom. The van der Waals surface area contributed by atoms with Gasteiger partial charge < -0.3 is 15.7 Å². The number of benzene rings is 1. The monoisotopic (exact) mass is 272 g/mol. The number of halogens is 2. The summed E-state index contributed by atoms with van der Waals surface area (Å²) in [7, 11) is 0. The number of carbonyl (C=O) groups is 1. The van der Waals surface area contributed by atoms with Gasteiger partial charge in [0.2, 0.25) is 5.91 Å². The maximum absolute atomic E-state index is 12.4. The number of rotatable bonds is 6. The third-order valence-electron chi connectivity index (χ3n) is 2.82. The molecule has 0 spiro atoms. The molecule has 0 aliphatic heterocycles. The number of hydrogen-bond acceptors (Lipinski definition) is 3. The second-order valence-electron chi connectivity index (χ2n) is 4.29. The van der Waals surface area contributed by atoms with Gasteiger partial charge in [-0.2, -0.15) is 0 Å². The van der Waals surface area contributed by atoms with Crippen molar-refractivity contribution in [1.29, 1.82) is 0 Å². The van der Waals surface area contributed by atoms with Crippen LogP contribution in [0.25, 0.3) is 0 Å². The summed E-state index contributed by atoms with van der Waals surface area (Å²) in [6.07, 6.45) is -2.62. The number of hydrogen-bond donors (Lipinski definition) is 2. The van der Waals surface area contributed by atoms with Crippen LogP contribution in [0.3, 0.4) is 0 Å². The van der Waals surface area contributed by atoms with E-state index in [1.165, 1.54) is 0 Å². The number of carbonyl (C=O) groups excluding carboxylic acids is 1. The van der Waals surface area contributed by atoms with Crippen molar-refractivity contribution in [3.05, 3.63) is 29.8 Å². The Labute approximate surface area is 110 Å². The summed E-state index contributed by atoms with van der Waals surface area (Å²) < 4.78 is 24.8. The molecule has 4 nitrogen and oxygen atoms in total. The largest absolute Gasteiger partial charge is 0.399 e. The number of nitrogens with two attached hydrogens (primary N) is 1. The van der Waals surface area contributed by atoms with Gasteiger partial charge in [0, 0.05) is 12.2 Å². The van der Waals surface area contributed by atoms with Crippen LogP contribution in [0.15, 0.2) is 24.3 Å². The van der Waals surface area contributed by atoms with Crippen molar-refractivity contribution in [2.45, 2.75) is 19.3 Å². The first kappa shape index (κ1) is 15.4. The van der Waals surface area contributed by atoms with Crippen LogP contribution >= 0.6 is 0 Å². The molecule has 0 aliphatic carbocycles. The van der Waals surface area contributed by atoms with Crippen molar-refractivity contribution in [1.82, 2.24) is 4.90 Å². The lowest BCUT2D eigenvalue weighted by Crippen LogP contribution is -2.39. The van der Waals surface area contributed by atoms with Gasteiger partial charge in [0.15, 0.2) is 0 Å². The maximum atomic E-state index is 12.4. The molecule has 1 rings (SSSR count). The number of aliphatic hydroxyl groups is 1. The average molecular weight is 272 g/mol. The zero-order valence-corrected chi connectivity index (χ0v) is 10.7. The molecule has 6 heteroatoms. The molecule has 1 amide bonds. The van der Waals surface area contributed by atoms with Crippen LogP contribution in [-0.4, -0.2) is 42.0 Å². The molecule has 0 bridgehead atoms. The second kappa shape index (κ2) is 7.04. The lowest BCUT2D eigenvalue weighted by Gasteiger charge is -2.25. The molecule has 1 atom stereocenters. The molecule has 0 saturated heterocycles. The molecule has 106 valence electrons. The van der Waals surface area contributed by atoms with E-state index in [-0.39, 0.29) is 13.2 Å². The lowest BCUT2D eigenvalue weighted by molar-refractivity contribution is -0.135. The molecule has 0 radical (unpaired) electrons. The topological polar surface area (TPSA) is 66.6 Å². The highest BCUT2D eigenvalue weighted by molar-refractivity contribution is 5.83. The van der Waals surface area contributed by atoms with E-state index in [4.69, 9.17) is 10.8 Å². The number of alkyl halides is 2. The summed E-state index contributed by atoms with van der Waals surface area (Å²) in [6.45, 7) is 0.511. The van der Waals surface area contributed by atoms with E-state index in [1.807, 2.05) is 0 Å². The van der Waals surface area contributed by atoms with E-state index in [0.717, 1.165) is 4.90 Å². The zero-order valence-electron chi connectivity index (χ0n) is 10.7. The molecule has 0 aliphatic rings. The minimum absolute atomic E-state index is 0.101. The number of nitrogen functional groups attached to an aromatic ring is 1. The first-order chi connectivity index (χ1) is 8.95. The number of anilines is 1. The van der Waals surface area contributed by atoms with Gasteiger partial charge >= 0.3 is 0 Å². The lowest BCUT2D eigenvalue weighted by atomic mass is 9.99. The number of nitrogens with zero attached hydrogens (tertiary/aromatic N) is 1. The quantitative estimate of drug-likeness (QED) is 0.770. The molecule has 1 unspecified atom stereocenters. The van der Waals surface area contributed by atoms with Gasteiger partial charge in [0.25, 0.3) is 6.43 Å². The summed E-state index contributed by atoms with van der Waals surface area (Å²) in [6, 6.07) is 6.75. The first-order valence-corrected chi connectivity index (χ1v) is 5.99. The standard InChI is InChI=1S/C13H18F2N2O2/c1-9(10-3-2-4-11(16)7-10)13(19)17(5-6-18)8-12(14)15/h2-4,7,9,12,18H,5-6,8,16H2,1H3. The highest BCUT2D eigenvalue weighted by Gasteiger charge is 2.24. The van der Waals surface area contributed by atoms with E-state index in [9.17, 15) is 13.6 Å². The van der Waals surface area contributed by atoms with E-state index in [0.29, 0.717) is 11.3 Å². The highest BCUT2D eigenvalue weighted by atomic mass is 19.3. The predicted octanol–water partition coefficient (Wildman–Crippen LogP) is 1.46. The summed E-state index contributed by atoms with van der Waals surface area (Å²) in [4.78, 5) is 13.1. The van der Waals surface area contributed by atoms with Gasteiger partial charge in [-0.3, -0.25) is 4.79 Å². The Hall–Kier alpha value is -1.69. The Bertz CT molecular complexity index is 427. The van der Waals surface area contributed by atoms with Crippen molar-refractivity contribution in [2.24, 2.45) is 0 Å². The van der Waals surface area contributed by atoms with Gasteiger partial charge in [-0.25, -0.2) is 8.78 Å². The Morgan fingerprint density at radius 1 is 1.47 bits per heavy atom. The van der Waals surface area contributed by atoms with Crippen LogP contribution in [0.1, 0.15) is 18.4 Å². The van der Waals surface area contributed by atoms with E-state index < -0.39 is 24.8 Å². The van der Waals surface area contributed by atoms with E-state index in [1.54, 1.807) is 31.2 Å². The van der Waals surface area contributed by atoms with Gasteiger partial charge in [0.05, 0.1) is 19.1 Å². The molecular weight excluding hydrogens is 254 g/mol. The second-order valence-corrected chi connectivity index (χ2v) is 4.29. The highest BCUT2D eigenvalue weighted by Crippen LogP contribution is 2.20. The molecule has 0 heterocycles. The normalized spacial score (nSPS) is 12.5. The number of aliphatic hydroxyl groups excluding tert-OH is 1. The third-order valence-corrected chi connectivity index (χ3v) is 2.82. The van der Waals surface area contributed by atoms with Gasteiger partial charge in [-0.1, -0.05) is 12.1 Å². The van der Waals surface area contributed by atoms with Crippen LogP contribution in [0.4, 0.5) is 14.5 Å². The summed E-state index contributed by atoms with van der Waals surface area (Å²) >= 11 is 0. The smallest absolute Gasteiger partial charge is 0.255 e. The van der Waals surface area contributed by atoms with Crippen molar-refractivity contribution in [3.63, 3.8) is 0 Å². The molecule has 19 heavy (non-hydrogen) atoms. The molecule has 0 aromatic heterocycles. The van der Waals surface area contributed by atoms with Gasteiger partial charge in [-0.15, -0.1) is 0 Å². The Morgan fingerprint density at radius 3 is 2.68 bits per heavy atom. The summed E-state index contributed by atoms with van der Waals surface area (Å²) in [5.74, 6) is -1.02. The third kappa shape index (κ3) is 4.48. The summed E-state index contributed by atoms with van der Waals surface area (Å²) in [5.41, 5.74) is 6.81. The molecule has 0 saturated carbocycles. The number of amides is 1. The van der Waals surface area contributed by atoms with Crippen LogP contribution < -0.4 is 5.73 Å². The molecule has 1 aromatic carbocycles. The average Bonchev–Trinajstić information content (AvgIpc) is 2.36. The minimum Gasteiger partial charge on any atom is -0.399 e. The molecule has 1 aromatic rings. The summed E-state index contributed by atoms with van der Waals surface area (Å²) in [5, 5.41) is 8.84. The van der Waals surface area contributed by atoms with Gasteiger partial charge in [0.1, 0.15) is 0 Å². The first-order valence-electron chi connectivity index (χ1n) is 5.99. The van der Waals surface area contributed by atoms with Crippen LogP contribution in [0.2, 0.25) is 0 Å². The van der Waals surface area contributed by atoms with Crippen LogP contribution in [0, 0.1) is 0 Å². The molecule has 3 N–H and O–H groups in total. The Balaban J connectivity index is 2.83. The van der Waals surface area contributed by atoms with Crippen LogP contribution in [0.5, 0.6) is 0 Å².